The Kier molecular flexibility index (Phi) is 6.85. The van der Waals surface area contributed by atoms with Crippen LogP contribution in [0.25, 0.3) is 11.3 Å². The Labute approximate surface area is 216 Å². The molecule has 1 amide bonds. The Morgan fingerprint density at radius 3 is 2.39 bits per heavy atom. The molecule has 0 aliphatic carbocycles. The zero-order valence-corrected chi connectivity index (χ0v) is 21.8. The lowest BCUT2D eigenvalue weighted by Gasteiger charge is -2.34. The topological polar surface area (TPSA) is 45.3 Å². The fourth-order valence-electron chi connectivity index (χ4n) is 4.76. The number of hydrogen-bond acceptors (Lipinski definition) is 6. The summed E-state index contributed by atoms with van der Waals surface area (Å²) < 4.78 is 11.0. The fourth-order valence-corrected chi connectivity index (χ4v) is 6.01. The number of hydrogen-bond donors (Lipinski definition) is 0. The summed E-state index contributed by atoms with van der Waals surface area (Å²) in [6.07, 6.45) is 2.14. The molecule has 0 unspecified atom stereocenters. The van der Waals surface area contributed by atoms with Crippen molar-refractivity contribution < 1.29 is 14.3 Å². The summed E-state index contributed by atoms with van der Waals surface area (Å²) in [6, 6.07) is 17.9. The van der Waals surface area contributed by atoms with Crippen LogP contribution in [0, 0.1) is 0 Å². The van der Waals surface area contributed by atoms with Crippen molar-refractivity contribution in [3.63, 3.8) is 0 Å². The number of piperazine rings is 1. The van der Waals surface area contributed by atoms with E-state index in [9.17, 15) is 4.79 Å². The minimum Gasteiger partial charge on any atom is -0.493 e. The Bertz CT molecular complexity index is 1310. The van der Waals surface area contributed by atoms with E-state index in [2.05, 4.69) is 34.7 Å². The number of rotatable bonds is 6. The summed E-state index contributed by atoms with van der Waals surface area (Å²) in [6.45, 7) is 8.40. The smallest absolute Gasteiger partial charge is 0.253 e. The molecule has 0 radical (unpaired) electrons. The SMILES string of the molecule is C=C1c2cc(CN3CCN(C(=O)c4ccccc4)CC3)sc2C(c2ccc(OC)c(OC)c2)=CN1C. The monoisotopic (exact) mass is 501 g/mol. The van der Waals surface area contributed by atoms with Crippen molar-refractivity contribution in [2.75, 3.05) is 47.4 Å². The number of ether oxygens (including phenoxy) is 2. The minimum atomic E-state index is 0.117. The zero-order chi connectivity index (χ0) is 25.2. The normalized spacial score (nSPS) is 16.0. The number of methoxy groups -OCH3 is 2. The molecule has 1 saturated heterocycles. The number of amides is 1. The Morgan fingerprint density at radius 2 is 1.69 bits per heavy atom. The van der Waals surface area contributed by atoms with Crippen LogP contribution in [-0.4, -0.2) is 68.1 Å². The van der Waals surface area contributed by atoms with Crippen molar-refractivity contribution in [3.05, 3.63) is 93.8 Å². The Balaban J connectivity index is 1.32. The second-order valence-electron chi connectivity index (χ2n) is 9.06. The maximum atomic E-state index is 12.8. The summed E-state index contributed by atoms with van der Waals surface area (Å²) in [7, 11) is 5.34. The molecule has 0 spiro atoms. The van der Waals surface area contributed by atoms with Crippen LogP contribution in [0.1, 0.15) is 31.2 Å². The lowest BCUT2D eigenvalue weighted by molar-refractivity contribution is 0.0629. The first-order valence-electron chi connectivity index (χ1n) is 12.0. The summed E-state index contributed by atoms with van der Waals surface area (Å²) in [5.41, 5.74) is 5.15. The summed E-state index contributed by atoms with van der Waals surface area (Å²) in [5.74, 6) is 1.54. The van der Waals surface area contributed by atoms with Crippen LogP contribution in [0.2, 0.25) is 0 Å². The van der Waals surface area contributed by atoms with Crippen molar-refractivity contribution in [1.29, 1.82) is 0 Å². The second-order valence-corrected chi connectivity index (χ2v) is 10.2. The molecule has 0 atom stereocenters. The van der Waals surface area contributed by atoms with E-state index < -0.39 is 0 Å². The van der Waals surface area contributed by atoms with Gasteiger partial charge < -0.3 is 19.3 Å². The van der Waals surface area contributed by atoms with Gasteiger partial charge in [0.2, 0.25) is 0 Å². The van der Waals surface area contributed by atoms with E-state index >= 15 is 0 Å². The van der Waals surface area contributed by atoms with E-state index in [1.54, 1.807) is 14.2 Å². The first kappa shape index (κ1) is 24.2. The predicted molar refractivity (Wildman–Crippen MR) is 145 cm³/mol. The molecule has 0 N–H and O–H groups in total. The lowest BCUT2D eigenvalue weighted by atomic mass is 9.97. The van der Waals surface area contributed by atoms with E-state index in [-0.39, 0.29) is 5.91 Å². The van der Waals surface area contributed by atoms with Crippen LogP contribution >= 0.6 is 11.3 Å². The molecular weight excluding hydrogens is 470 g/mol. The quantitative estimate of drug-likeness (QED) is 0.474. The minimum absolute atomic E-state index is 0.117. The average molecular weight is 502 g/mol. The van der Waals surface area contributed by atoms with Gasteiger partial charge in [0, 0.05) is 78.1 Å². The van der Waals surface area contributed by atoms with E-state index in [1.165, 1.54) is 15.3 Å². The second kappa shape index (κ2) is 10.2. The molecule has 0 saturated carbocycles. The largest absolute Gasteiger partial charge is 0.493 e. The first-order chi connectivity index (χ1) is 17.5. The molecule has 0 bridgehead atoms. The predicted octanol–water partition coefficient (Wildman–Crippen LogP) is 5.03. The van der Waals surface area contributed by atoms with Crippen LogP contribution in [0.3, 0.4) is 0 Å². The summed E-state index contributed by atoms with van der Waals surface area (Å²) in [5, 5.41) is 0. The molecule has 6 nitrogen and oxygen atoms in total. The fraction of sp³-hybridized carbons (Fsp3) is 0.276. The maximum Gasteiger partial charge on any atom is 0.253 e. The van der Waals surface area contributed by atoms with Crippen LogP contribution in [-0.2, 0) is 6.54 Å². The number of carbonyl (C=O) groups excluding carboxylic acids is 1. The highest BCUT2D eigenvalue weighted by molar-refractivity contribution is 7.13. The van der Waals surface area contributed by atoms with Crippen LogP contribution in [0.5, 0.6) is 11.5 Å². The third-order valence-corrected chi connectivity index (χ3v) is 7.99. The first-order valence-corrected chi connectivity index (χ1v) is 12.9. The molecule has 1 fully saturated rings. The van der Waals surface area contributed by atoms with Gasteiger partial charge >= 0.3 is 0 Å². The molecule has 5 rings (SSSR count). The van der Waals surface area contributed by atoms with E-state index in [4.69, 9.17) is 9.47 Å². The molecular formula is C29H31N3O3S. The van der Waals surface area contributed by atoms with E-state index in [0.717, 1.165) is 55.1 Å². The third-order valence-electron chi connectivity index (χ3n) is 6.84. The highest BCUT2D eigenvalue weighted by Crippen LogP contribution is 2.43. The standard InChI is InChI=1S/C29H31N3O3S/c1-20-24-17-23(18-31-12-14-32(15-13-31)29(33)21-8-6-5-7-9-21)36-28(24)25(19-30(20)2)22-10-11-26(34-3)27(16-22)35-4/h5-11,16-17,19H,1,12-15,18H2,2-4H3. The van der Waals surface area contributed by atoms with Gasteiger partial charge in [0.15, 0.2) is 11.5 Å². The van der Waals surface area contributed by atoms with Gasteiger partial charge in [0.05, 0.1) is 14.2 Å². The lowest BCUT2D eigenvalue weighted by Crippen LogP contribution is -2.48. The van der Waals surface area contributed by atoms with Gasteiger partial charge in [-0.25, -0.2) is 0 Å². The van der Waals surface area contributed by atoms with Crippen molar-refractivity contribution in [3.8, 4) is 11.5 Å². The van der Waals surface area contributed by atoms with E-state index in [1.807, 2.05) is 65.7 Å². The van der Waals surface area contributed by atoms with Crippen molar-refractivity contribution in [1.82, 2.24) is 14.7 Å². The van der Waals surface area contributed by atoms with Crippen LogP contribution in [0.15, 0.2) is 67.4 Å². The number of carbonyl (C=O) groups is 1. The number of nitrogens with zero attached hydrogens (tertiary/aromatic N) is 3. The van der Waals surface area contributed by atoms with Gasteiger partial charge in [0.25, 0.3) is 5.91 Å². The molecule has 186 valence electrons. The molecule has 7 heteroatoms. The van der Waals surface area contributed by atoms with Crippen LogP contribution in [0.4, 0.5) is 0 Å². The van der Waals surface area contributed by atoms with Crippen molar-refractivity contribution >= 4 is 28.5 Å². The summed E-state index contributed by atoms with van der Waals surface area (Å²) in [4.78, 5) is 21.8. The van der Waals surface area contributed by atoms with Gasteiger partial charge in [-0.05, 0) is 35.9 Å². The van der Waals surface area contributed by atoms with Crippen molar-refractivity contribution in [2.45, 2.75) is 6.54 Å². The van der Waals surface area contributed by atoms with E-state index in [0.29, 0.717) is 11.5 Å². The molecule has 2 aromatic carbocycles. The van der Waals surface area contributed by atoms with Gasteiger partial charge in [0.1, 0.15) is 0 Å². The van der Waals surface area contributed by atoms with Gasteiger partial charge in [-0.3, -0.25) is 9.69 Å². The number of benzene rings is 2. The highest BCUT2D eigenvalue weighted by Gasteiger charge is 2.26. The highest BCUT2D eigenvalue weighted by atomic mass is 32.1. The van der Waals surface area contributed by atoms with Gasteiger partial charge in [-0.1, -0.05) is 30.8 Å². The molecule has 2 aliphatic rings. The van der Waals surface area contributed by atoms with Crippen LogP contribution < -0.4 is 9.47 Å². The Morgan fingerprint density at radius 1 is 0.972 bits per heavy atom. The number of thiophene rings is 1. The maximum absolute atomic E-state index is 12.8. The van der Waals surface area contributed by atoms with Gasteiger partial charge in [-0.2, -0.15) is 0 Å². The van der Waals surface area contributed by atoms with Gasteiger partial charge in [-0.15, -0.1) is 11.3 Å². The Hall–Kier alpha value is -3.55. The molecule has 36 heavy (non-hydrogen) atoms. The zero-order valence-electron chi connectivity index (χ0n) is 21.0. The molecule has 3 heterocycles. The average Bonchev–Trinajstić information content (AvgIpc) is 3.34. The molecule has 3 aromatic rings. The summed E-state index contributed by atoms with van der Waals surface area (Å²) >= 11 is 1.82. The molecule has 2 aliphatic heterocycles. The van der Waals surface area contributed by atoms with Crippen molar-refractivity contribution in [2.24, 2.45) is 0 Å². The number of fused-ring (bicyclic) bond motifs is 1. The third kappa shape index (κ3) is 4.64. The molecule has 1 aromatic heterocycles.